The van der Waals surface area contributed by atoms with Gasteiger partial charge in [0.15, 0.2) is 0 Å². The van der Waals surface area contributed by atoms with E-state index in [1.54, 1.807) is 0 Å². The third-order valence-corrected chi connectivity index (χ3v) is 4.35. The summed E-state index contributed by atoms with van der Waals surface area (Å²) in [4.78, 5) is 0. The highest BCUT2D eigenvalue weighted by atomic mass is 14.6. The molecule has 0 aliphatic heterocycles. The van der Waals surface area contributed by atoms with E-state index in [1.165, 1.54) is 5.56 Å². The average Bonchev–Trinajstić information content (AvgIpc) is 2.56. The van der Waals surface area contributed by atoms with Crippen molar-refractivity contribution in [3.8, 4) is 0 Å². The smallest absolute Gasteiger partial charge is 0.0463 e. The fraction of sp³-hybridized carbons (Fsp3) is 0.100. The molecule has 22 heavy (non-hydrogen) atoms. The van der Waals surface area contributed by atoms with Gasteiger partial charge >= 0.3 is 0 Å². The minimum absolute atomic E-state index is 0.391. The van der Waals surface area contributed by atoms with Gasteiger partial charge < -0.3 is 11.5 Å². The zero-order valence-electron chi connectivity index (χ0n) is 12.7. The van der Waals surface area contributed by atoms with E-state index < -0.39 is 5.41 Å². The summed E-state index contributed by atoms with van der Waals surface area (Å²) in [6, 6.07) is 26.4. The first-order valence-corrected chi connectivity index (χ1v) is 7.39. The maximum absolute atomic E-state index is 6.29. The quantitative estimate of drug-likeness (QED) is 0.560. The number of hydrogen-bond donors (Lipinski definition) is 2. The summed E-state index contributed by atoms with van der Waals surface area (Å²) in [5.74, 6) is 0. The summed E-state index contributed by atoms with van der Waals surface area (Å²) in [5, 5.41) is 0. The molecule has 0 radical (unpaired) electrons. The van der Waals surface area contributed by atoms with Crippen molar-refractivity contribution in [1.29, 1.82) is 0 Å². The first-order valence-electron chi connectivity index (χ1n) is 7.39. The molecule has 0 unspecified atom stereocenters. The summed E-state index contributed by atoms with van der Waals surface area (Å²) in [7, 11) is 0. The molecule has 2 nitrogen and oxygen atoms in total. The van der Waals surface area contributed by atoms with Crippen LogP contribution in [0.5, 0.6) is 0 Å². The van der Waals surface area contributed by atoms with Crippen LogP contribution in [0.2, 0.25) is 0 Å². The lowest BCUT2D eigenvalue weighted by molar-refractivity contribution is 0.698. The Balaban J connectivity index is 2.33. The minimum Gasteiger partial charge on any atom is -0.398 e. The Morgan fingerprint density at radius 3 is 1.45 bits per heavy atom. The lowest BCUT2D eigenvalue weighted by atomic mass is 9.70. The molecule has 0 spiro atoms. The number of benzene rings is 3. The molecule has 0 aromatic heterocycles. The predicted octanol–water partition coefficient (Wildman–Crippen LogP) is 4.21. The lowest BCUT2D eigenvalue weighted by Crippen LogP contribution is -2.27. The second-order valence-corrected chi connectivity index (χ2v) is 5.67. The van der Waals surface area contributed by atoms with Crippen molar-refractivity contribution in [2.24, 2.45) is 0 Å². The summed E-state index contributed by atoms with van der Waals surface area (Å²) in [6.45, 7) is 2.18. The normalized spacial score (nSPS) is 11.3. The van der Waals surface area contributed by atoms with Crippen LogP contribution in [0.25, 0.3) is 0 Å². The van der Waals surface area contributed by atoms with Crippen molar-refractivity contribution < 1.29 is 0 Å². The van der Waals surface area contributed by atoms with Crippen molar-refractivity contribution in [3.05, 3.63) is 95.6 Å². The molecule has 0 heterocycles. The summed E-state index contributed by atoms with van der Waals surface area (Å²) >= 11 is 0. The monoisotopic (exact) mass is 288 g/mol. The third-order valence-electron chi connectivity index (χ3n) is 4.35. The highest BCUT2D eigenvalue weighted by molar-refractivity contribution is 5.65. The van der Waals surface area contributed by atoms with Crippen molar-refractivity contribution in [1.82, 2.24) is 0 Å². The van der Waals surface area contributed by atoms with E-state index in [1.807, 2.05) is 54.6 Å². The van der Waals surface area contributed by atoms with E-state index in [9.17, 15) is 0 Å². The van der Waals surface area contributed by atoms with E-state index in [-0.39, 0.29) is 0 Å². The van der Waals surface area contributed by atoms with Gasteiger partial charge in [0.2, 0.25) is 0 Å². The van der Waals surface area contributed by atoms with Crippen LogP contribution in [-0.4, -0.2) is 0 Å². The van der Waals surface area contributed by atoms with Crippen molar-refractivity contribution in [2.75, 3.05) is 11.5 Å². The molecule has 0 amide bonds. The fourth-order valence-electron chi connectivity index (χ4n) is 3.13. The zero-order chi connectivity index (χ0) is 15.6. The summed E-state index contributed by atoms with van der Waals surface area (Å²) in [5.41, 5.74) is 17.0. The van der Waals surface area contributed by atoms with E-state index in [4.69, 9.17) is 11.5 Å². The minimum atomic E-state index is -0.391. The van der Waals surface area contributed by atoms with E-state index in [0.717, 1.165) is 22.5 Å². The number of rotatable bonds is 3. The molecule has 0 saturated carbocycles. The van der Waals surface area contributed by atoms with Gasteiger partial charge in [0.25, 0.3) is 0 Å². The number of para-hydroxylation sites is 2. The molecule has 110 valence electrons. The highest BCUT2D eigenvalue weighted by Crippen LogP contribution is 2.43. The predicted molar refractivity (Wildman–Crippen MR) is 93.7 cm³/mol. The Bertz CT molecular complexity index is 733. The van der Waals surface area contributed by atoms with Gasteiger partial charge in [0, 0.05) is 16.8 Å². The van der Waals surface area contributed by atoms with Gasteiger partial charge in [-0.1, -0.05) is 66.7 Å². The maximum atomic E-state index is 6.29. The van der Waals surface area contributed by atoms with Crippen LogP contribution in [0.3, 0.4) is 0 Å². The second-order valence-electron chi connectivity index (χ2n) is 5.67. The molecule has 3 aromatic rings. The van der Waals surface area contributed by atoms with Crippen LogP contribution in [0.4, 0.5) is 11.4 Å². The van der Waals surface area contributed by atoms with Crippen molar-refractivity contribution in [3.63, 3.8) is 0 Å². The molecule has 0 aliphatic rings. The van der Waals surface area contributed by atoms with E-state index in [0.29, 0.717) is 0 Å². The van der Waals surface area contributed by atoms with Gasteiger partial charge in [0.1, 0.15) is 0 Å². The van der Waals surface area contributed by atoms with Crippen LogP contribution in [0.1, 0.15) is 23.6 Å². The molecule has 0 saturated heterocycles. The molecular formula is C20H20N2. The largest absolute Gasteiger partial charge is 0.398 e. The maximum Gasteiger partial charge on any atom is 0.0463 e. The molecule has 3 rings (SSSR count). The molecule has 3 aromatic carbocycles. The van der Waals surface area contributed by atoms with Gasteiger partial charge in [-0.15, -0.1) is 0 Å². The van der Waals surface area contributed by atoms with Gasteiger partial charge in [-0.25, -0.2) is 0 Å². The van der Waals surface area contributed by atoms with Crippen LogP contribution in [0.15, 0.2) is 78.9 Å². The van der Waals surface area contributed by atoms with Crippen LogP contribution < -0.4 is 11.5 Å². The van der Waals surface area contributed by atoms with Gasteiger partial charge in [-0.05, 0) is 35.7 Å². The first kappa shape index (κ1) is 14.2. The molecule has 0 aliphatic carbocycles. The van der Waals surface area contributed by atoms with E-state index >= 15 is 0 Å². The summed E-state index contributed by atoms with van der Waals surface area (Å²) < 4.78 is 0. The number of nitrogens with two attached hydrogens (primary N) is 2. The van der Waals surface area contributed by atoms with E-state index in [2.05, 4.69) is 31.2 Å². The Labute approximate surface area is 131 Å². The first-order chi connectivity index (χ1) is 10.6. The standard InChI is InChI=1S/C20H20N2/c1-20(15-9-3-2-4-10-15,16-11-5-7-13-18(16)21)17-12-6-8-14-19(17)22/h2-14H,21-22H2,1H3. The Kier molecular flexibility index (Phi) is 3.60. The topological polar surface area (TPSA) is 52.0 Å². The van der Waals surface area contributed by atoms with Crippen molar-refractivity contribution in [2.45, 2.75) is 12.3 Å². The molecule has 4 N–H and O–H groups in total. The second kappa shape index (κ2) is 5.57. The fourth-order valence-corrected chi connectivity index (χ4v) is 3.13. The summed E-state index contributed by atoms with van der Waals surface area (Å²) in [6.07, 6.45) is 0. The lowest BCUT2D eigenvalue weighted by Gasteiger charge is -2.33. The van der Waals surface area contributed by atoms with Gasteiger partial charge in [-0.2, -0.15) is 0 Å². The molecule has 2 heteroatoms. The van der Waals surface area contributed by atoms with Gasteiger partial charge in [-0.3, -0.25) is 0 Å². The number of hydrogen-bond acceptors (Lipinski definition) is 2. The van der Waals surface area contributed by atoms with Crippen LogP contribution in [-0.2, 0) is 5.41 Å². The average molecular weight is 288 g/mol. The van der Waals surface area contributed by atoms with Crippen LogP contribution >= 0.6 is 0 Å². The number of nitrogen functional groups attached to an aromatic ring is 2. The Hall–Kier alpha value is -2.74. The molecular weight excluding hydrogens is 268 g/mol. The van der Waals surface area contributed by atoms with Gasteiger partial charge in [0.05, 0.1) is 0 Å². The van der Waals surface area contributed by atoms with Crippen LogP contribution in [0, 0.1) is 0 Å². The Morgan fingerprint density at radius 1 is 0.591 bits per heavy atom. The number of anilines is 2. The molecule has 0 bridgehead atoms. The molecule has 0 fully saturated rings. The van der Waals surface area contributed by atoms with Crippen molar-refractivity contribution >= 4 is 11.4 Å². The highest BCUT2D eigenvalue weighted by Gasteiger charge is 2.34. The Morgan fingerprint density at radius 2 is 1.00 bits per heavy atom. The molecule has 0 atom stereocenters. The SMILES string of the molecule is CC(c1ccccc1)(c1ccccc1N)c1ccccc1N. The third kappa shape index (κ3) is 2.23. The zero-order valence-corrected chi connectivity index (χ0v) is 12.7.